The van der Waals surface area contributed by atoms with Gasteiger partial charge >= 0.3 is 0 Å². The molecule has 1 aromatic carbocycles. The summed E-state index contributed by atoms with van der Waals surface area (Å²) >= 11 is 5.88. The van der Waals surface area contributed by atoms with Gasteiger partial charge in [0, 0.05) is 36.8 Å². The quantitative estimate of drug-likeness (QED) is 0.806. The maximum atomic E-state index is 12.6. The molecule has 0 saturated carbocycles. The molecule has 2 amide bonds. The Morgan fingerprint density at radius 1 is 1.32 bits per heavy atom. The smallest absolute Gasteiger partial charge is 0.228 e. The number of hydrogen-bond donors (Lipinski definition) is 0. The highest BCUT2D eigenvalue weighted by atomic mass is 35.5. The summed E-state index contributed by atoms with van der Waals surface area (Å²) in [6, 6.07) is 7.17. The molecule has 0 aromatic heterocycles. The maximum absolute atomic E-state index is 12.6. The van der Waals surface area contributed by atoms with Crippen LogP contribution in [-0.2, 0) is 9.59 Å². The Balaban J connectivity index is 2.04. The number of hydrogen-bond acceptors (Lipinski definition) is 2. The molecule has 1 aromatic rings. The molecule has 0 spiro atoms. The second kappa shape index (κ2) is 7.63. The van der Waals surface area contributed by atoms with E-state index in [0.717, 1.165) is 25.1 Å². The predicted octanol–water partition coefficient (Wildman–Crippen LogP) is 3.34. The average molecular weight is 323 g/mol. The molecule has 0 bridgehead atoms. The van der Waals surface area contributed by atoms with E-state index in [0.29, 0.717) is 24.5 Å². The zero-order valence-electron chi connectivity index (χ0n) is 13.2. The first kappa shape index (κ1) is 16.8. The van der Waals surface area contributed by atoms with Crippen LogP contribution in [0.15, 0.2) is 24.3 Å². The van der Waals surface area contributed by atoms with Crippen molar-refractivity contribution >= 4 is 29.1 Å². The summed E-state index contributed by atoms with van der Waals surface area (Å²) in [5, 5.41) is 0.639. The molecule has 5 heteroatoms. The second-order valence-electron chi connectivity index (χ2n) is 5.65. The Labute approximate surface area is 137 Å². The molecular weight excluding hydrogens is 300 g/mol. The molecule has 0 N–H and O–H groups in total. The van der Waals surface area contributed by atoms with Crippen LogP contribution in [0, 0.1) is 5.92 Å². The third-order valence-electron chi connectivity index (χ3n) is 4.09. The van der Waals surface area contributed by atoms with Gasteiger partial charge in [-0.3, -0.25) is 9.59 Å². The summed E-state index contributed by atoms with van der Waals surface area (Å²) in [6.45, 7) is 6.03. The van der Waals surface area contributed by atoms with Gasteiger partial charge in [-0.15, -0.1) is 0 Å². The van der Waals surface area contributed by atoms with Crippen LogP contribution in [0.1, 0.15) is 33.1 Å². The van der Waals surface area contributed by atoms with Crippen molar-refractivity contribution in [2.45, 2.75) is 33.1 Å². The second-order valence-corrected chi connectivity index (χ2v) is 6.09. The minimum Gasteiger partial charge on any atom is -0.343 e. The van der Waals surface area contributed by atoms with Crippen molar-refractivity contribution in [1.82, 2.24) is 4.90 Å². The lowest BCUT2D eigenvalue weighted by Gasteiger charge is -2.24. The van der Waals surface area contributed by atoms with E-state index in [9.17, 15) is 9.59 Å². The van der Waals surface area contributed by atoms with Crippen LogP contribution in [0.3, 0.4) is 0 Å². The van der Waals surface area contributed by atoms with Crippen LogP contribution in [0.2, 0.25) is 5.02 Å². The predicted molar refractivity (Wildman–Crippen MR) is 89.1 cm³/mol. The lowest BCUT2D eigenvalue weighted by atomic mass is 10.1. The summed E-state index contributed by atoms with van der Waals surface area (Å²) in [6.07, 6.45) is 2.36. The first-order chi connectivity index (χ1) is 10.6. The van der Waals surface area contributed by atoms with Gasteiger partial charge in [0.1, 0.15) is 0 Å². The fourth-order valence-corrected chi connectivity index (χ4v) is 2.90. The Hall–Kier alpha value is -1.55. The summed E-state index contributed by atoms with van der Waals surface area (Å²) < 4.78 is 0. The van der Waals surface area contributed by atoms with Gasteiger partial charge in [0.25, 0.3) is 0 Å². The zero-order chi connectivity index (χ0) is 16.1. The van der Waals surface area contributed by atoms with Gasteiger partial charge in [-0.05, 0) is 37.6 Å². The summed E-state index contributed by atoms with van der Waals surface area (Å²) in [5.74, 6) is -0.132. The monoisotopic (exact) mass is 322 g/mol. The number of unbranched alkanes of at least 4 members (excludes halogenated alkanes) is 1. The number of benzene rings is 1. The van der Waals surface area contributed by atoms with E-state index in [2.05, 4.69) is 6.92 Å². The Bertz CT molecular complexity index is 530. The number of nitrogens with zero attached hydrogens (tertiary/aromatic N) is 2. The average Bonchev–Trinajstić information content (AvgIpc) is 2.90. The standard InChI is InChI=1S/C17H23ClN2O2/c1-3-5-10-19(4-2)17(22)13-11-16(21)20(12-13)15-8-6-14(18)7-9-15/h6-9,13H,3-5,10-12H2,1-2H3/t13-/m1/s1. The van der Waals surface area contributed by atoms with Gasteiger partial charge < -0.3 is 9.80 Å². The molecule has 2 rings (SSSR count). The summed E-state index contributed by atoms with van der Waals surface area (Å²) in [7, 11) is 0. The Kier molecular flexibility index (Phi) is 5.83. The Morgan fingerprint density at radius 3 is 2.59 bits per heavy atom. The van der Waals surface area contributed by atoms with Crippen LogP contribution in [0.5, 0.6) is 0 Å². The third-order valence-corrected chi connectivity index (χ3v) is 4.34. The minimum absolute atomic E-state index is 0.00668. The first-order valence-corrected chi connectivity index (χ1v) is 8.29. The van der Waals surface area contributed by atoms with E-state index < -0.39 is 0 Å². The normalized spacial score (nSPS) is 17.9. The van der Waals surface area contributed by atoms with E-state index in [1.54, 1.807) is 17.0 Å². The van der Waals surface area contributed by atoms with Crippen molar-refractivity contribution < 1.29 is 9.59 Å². The van der Waals surface area contributed by atoms with E-state index >= 15 is 0 Å². The van der Waals surface area contributed by atoms with Crippen molar-refractivity contribution in [2.24, 2.45) is 5.92 Å². The molecule has 1 heterocycles. The highest BCUT2D eigenvalue weighted by Crippen LogP contribution is 2.27. The number of carbonyl (C=O) groups is 2. The van der Waals surface area contributed by atoms with E-state index in [1.165, 1.54) is 0 Å². The van der Waals surface area contributed by atoms with Gasteiger partial charge in [-0.2, -0.15) is 0 Å². The SMILES string of the molecule is CCCCN(CC)C(=O)[C@@H]1CC(=O)N(c2ccc(Cl)cc2)C1. The largest absolute Gasteiger partial charge is 0.343 e. The zero-order valence-corrected chi connectivity index (χ0v) is 14.0. The lowest BCUT2D eigenvalue weighted by Crippen LogP contribution is -2.38. The molecular formula is C17H23ClN2O2. The van der Waals surface area contributed by atoms with Crippen molar-refractivity contribution in [3.05, 3.63) is 29.3 Å². The van der Waals surface area contributed by atoms with E-state index in [1.807, 2.05) is 24.0 Å². The van der Waals surface area contributed by atoms with Gasteiger partial charge in [-0.1, -0.05) is 24.9 Å². The topological polar surface area (TPSA) is 40.6 Å². The van der Waals surface area contributed by atoms with Gasteiger partial charge in [0.15, 0.2) is 0 Å². The van der Waals surface area contributed by atoms with Crippen LogP contribution in [-0.4, -0.2) is 36.3 Å². The maximum Gasteiger partial charge on any atom is 0.228 e. The molecule has 1 aliphatic heterocycles. The van der Waals surface area contributed by atoms with Gasteiger partial charge in [0.2, 0.25) is 11.8 Å². The molecule has 1 atom stereocenters. The van der Waals surface area contributed by atoms with Crippen LogP contribution >= 0.6 is 11.6 Å². The number of carbonyl (C=O) groups excluding carboxylic acids is 2. The number of rotatable bonds is 6. The van der Waals surface area contributed by atoms with Crippen molar-refractivity contribution in [2.75, 3.05) is 24.5 Å². The van der Waals surface area contributed by atoms with Crippen molar-refractivity contribution in [3.63, 3.8) is 0 Å². The first-order valence-electron chi connectivity index (χ1n) is 7.91. The fourth-order valence-electron chi connectivity index (χ4n) is 2.77. The van der Waals surface area contributed by atoms with Crippen LogP contribution in [0.4, 0.5) is 5.69 Å². The molecule has 120 valence electrons. The summed E-state index contributed by atoms with van der Waals surface area (Å²) in [5.41, 5.74) is 0.807. The molecule has 22 heavy (non-hydrogen) atoms. The molecule has 1 saturated heterocycles. The molecule has 0 aliphatic carbocycles. The van der Waals surface area contributed by atoms with Crippen LogP contribution in [0.25, 0.3) is 0 Å². The fraction of sp³-hybridized carbons (Fsp3) is 0.529. The summed E-state index contributed by atoms with van der Waals surface area (Å²) in [4.78, 5) is 28.4. The molecule has 1 aliphatic rings. The van der Waals surface area contributed by atoms with E-state index in [4.69, 9.17) is 11.6 Å². The van der Waals surface area contributed by atoms with E-state index in [-0.39, 0.29) is 17.7 Å². The minimum atomic E-state index is -0.236. The molecule has 1 fully saturated rings. The van der Waals surface area contributed by atoms with Crippen molar-refractivity contribution in [3.8, 4) is 0 Å². The number of anilines is 1. The lowest BCUT2D eigenvalue weighted by molar-refractivity contribution is -0.135. The Morgan fingerprint density at radius 2 is 2.00 bits per heavy atom. The van der Waals surface area contributed by atoms with Gasteiger partial charge in [-0.25, -0.2) is 0 Å². The molecule has 4 nitrogen and oxygen atoms in total. The highest BCUT2D eigenvalue weighted by Gasteiger charge is 2.36. The number of amides is 2. The highest BCUT2D eigenvalue weighted by molar-refractivity contribution is 6.30. The van der Waals surface area contributed by atoms with Crippen molar-refractivity contribution in [1.29, 1.82) is 0 Å². The van der Waals surface area contributed by atoms with Crippen LogP contribution < -0.4 is 4.90 Å². The number of halogens is 1. The third kappa shape index (κ3) is 3.80. The molecule has 0 unspecified atom stereocenters. The van der Waals surface area contributed by atoms with Gasteiger partial charge in [0.05, 0.1) is 5.92 Å². The molecule has 0 radical (unpaired) electrons.